The van der Waals surface area contributed by atoms with Crippen molar-refractivity contribution < 1.29 is 9.32 Å². The van der Waals surface area contributed by atoms with Crippen molar-refractivity contribution in [3.8, 4) is 0 Å². The van der Waals surface area contributed by atoms with Crippen LogP contribution in [0.5, 0.6) is 0 Å². The van der Waals surface area contributed by atoms with Crippen molar-refractivity contribution in [2.24, 2.45) is 0 Å². The maximum absolute atomic E-state index is 12.6. The Labute approximate surface area is 154 Å². The fourth-order valence-electron chi connectivity index (χ4n) is 3.31. The van der Waals surface area contributed by atoms with Crippen molar-refractivity contribution >= 4 is 11.7 Å². The number of carbonyl (C=O) groups is 1. The predicted molar refractivity (Wildman–Crippen MR) is 99.0 cm³/mol. The smallest absolute Gasteiger partial charge is 0.227 e. The van der Waals surface area contributed by atoms with E-state index in [1.165, 1.54) is 0 Å². The molecule has 0 spiro atoms. The number of likely N-dealkylation sites (N-methyl/N-ethyl adjacent to an activating group) is 1. The highest BCUT2D eigenvalue weighted by molar-refractivity contribution is 5.76. The summed E-state index contributed by atoms with van der Waals surface area (Å²) in [5.41, 5.74) is 1.01. The number of carbonyl (C=O) groups excluding carboxylic acids is 1. The third kappa shape index (κ3) is 4.39. The molecule has 0 radical (unpaired) electrons. The third-order valence-corrected chi connectivity index (χ3v) is 4.91. The molecule has 3 heterocycles. The van der Waals surface area contributed by atoms with Crippen molar-refractivity contribution in [1.82, 2.24) is 20.0 Å². The van der Waals surface area contributed by atoms with Crippen LogP contribution in [0.1, 0.15) is 43.6 Å². The number of amides is 1. The first kappa shape index (κ1) is 18.4. The standard InChI is InChI=1S/C19H27N5O2/c1-4-16-21-18(26-22-16)10-11-19(25)23(3)15-8-6-12-24(13-15)17-9-5-7-14(2)20-17/h5,7,9,15H,4,6,8,10-13H2,1-3H3/t15-/m0/s1. The number of anilines is 1. The van der Waals surface area contributed by atoms with Gasteiger partial charge < -0.3 is 14.3 Å². The van der Waals surface area contributed by atoms with Gasteiger partial charge in [-0.05, 0) is 31.9 Å². The molecule has 1 aliphatic heterocycles. The van der Waals surface area contributed by atoms with E-state index in [0.717, 1.165) is 43.9 Å². The van der Waals surface area contributed by atoms with E-state index in [2.05, 4.69) is 20.0 Å². The molecule has 0 unspecified atom stereocenters. The lowest BCUT2D eigenvalue weighted by Gasteiger charge is -2.38. The molecular weight excluding hydrogens is 330 g/mol. The molecule has 0 aromatic carbocycles. The number of rotatable bonds is 6. The van der Waals surface area contributed by atoms with Crippen molar-refractivity contribution in [3.63, 3.8) is 0 Å². The van der Waals surface area contributed by atoms with Crippen LogP contribution in [0.25, 0.3) is 0 Å². The minimum absolute atomic E-state index is 0.116. The average Bonchev–Trinajstić information content (AvgIpc) is 3.14. The van der Waals surface area contributed by atoms with Gasteiger partial charge in [-0.1, -0.05) is 18.1 Å². The van der Waals surface area contributed by atoms with E-state index in [9.17, 15) is 4.79 Å². The monoisotopic (exact) mass is 357 g/mol. The number of pyridine rings is 1. The highest BCUT2D eigenvalue weighted by atomic mass is 16.5. The van der Waals surface area contributed by atoms with Gasteiger partial charge in [0.2, 0.25) is 11.8 Å². The van der Waals surface area contributed by atoms with Crippen LogP contribution in [0.2, 0.25) is 0 Å². The SMILES string of the molecule is CCc1noc(CCC(=O)N(C)[C@H]2CCCN(c3cccc(C)n3)C2)n1. The lowest BCUT2D eigenvalue weighted by Crippen LogP contribution is -2.49. The number of piperidine rings is 1. The largest absolute Gasteiger partial charge is 0.355 e. The van der Waals surface area contributed by atoms with E-state index in [4.69, 9.17) is 4.52 Å². The molecule has 1 aliphatic rings. The number of hydrogen-bond acceptors (Lipinski definition) is 6. The topological polar surface area (TPSA) is 75.4 Å². The summed E-state index contributed by atoms with van der Waals surface area (Å²) in [4.78, 5) is 25.6. The van der Waals surface area contributed by atoms with Crippen LogP contribution in [0.4, 0.5) is 5.82 Å². The highest BCUT2D eigenvalue weighted by Crippen LogP contribution is 2.21. The van der Waals surface area contributed by atoms with Crippen LogP contribution in [0.15, 0.2) is 22.7 Å². The Morgan fingerprint density at radius 1 is 1.38 bits per heavy atom. The lowest BCUT2D eigenvalue weighted by molar-refractivity contribution is -0.132. The summed E-state index contributed by atoms with van der Waals surface area (Å²) >= 11 is 0. The Balaban J connectivity index is 1.56. The first-order valence-electron chi connectivity index (χ1n) is 9.32. The summed E-state index contributed by atoms with van der Waals surface area (Å²) in [5, 5.41) is 3.87. The minimum Gasteiger partial charge on any atom is -0.355 e. The van der Waals surface area contributed by atoms with Crippen LogP contribution in [0.3, 0.4) is 0 Å². The molecule has 0 saturated carbocycles. The van der Waals surface area contributed by atoms with Gasteiger partial charge in [-0.15, -0.1) is 0 Å². The fraction of sp³-hybridized carbons (Fsp3) is 0.579. The summed E-state index contributed by atoms with van der Waals surface area (Å²) < 4.78 is 5.17. The van der Waals surface area contributed by atoms with Gasteiger partial charge in [-0.25, -0.2) is 4.98 Å². The van der Waals surface area contributed by atoms with E-state index < -0.39 is 0 Å². The maximum atomic E-state index is 12.6. The molecule has 1 amide bonds. The fourth-order valence-corrected chi connectivity index (χ4v) is 3.31. The van der Waals surface area contributed by atoms with Crippen molar-refractivity contribution in [3.05, 3.63) is 35.6 Å². The Hall–Kier alpha value is -2.44. The molecule has 2 aromatic rings. The van der Waals surface area contributed by atoms with Gasteiger partial charge in [0.25, 0.3) is 0 Å². The van der Waals surface area contributed by atoms with E-state index in [1.807, 2.05) is 44.0 Å². The zero-order valence-electron chi connectivity index (χ0n) is 15.8. The Bertz CT molecular complexity index is 745. The van der Waals surface area contributed by atoms with Gasteiger partial charge in [0.15, 0.2) is 5.82 Å². The predicted octanol–water partition coefficient (Wildman–Crippen LogP) is 2.40. The Kier molecular flexibility index (Phi) is 5.85. The van der Waals surface area contributed by atoms with Gasteiger partial charge in [0.1, 0.15) is 5.82 Å². The molecule has 1 saturated heterocycles. The number of aryl methyl sites for hydroxylation is 3. The maximum Gasteiger partial charge on any atom is 0.227 e. The second kappa shape index (κ2) is 8.29. The van der Waals surface area contributed by atoms with E-state index in [1.54, 1.807) is 0 Å². The van der Waals surface area contributed by atoms with E-state index in [0.29, 0.717) is 24.6 Å². The number of nitrogens with zero attached hydrogens (tertiary/aromatic N) is 5. The molecule has 7 heteroatoms. The summed E-state index contributed by atoms with van der Waals surface area (Å²) in [7, 11) is 1.89. The number of aromatic nitrogens is 3. The first-order chi connectivity index (χ1) is 12.6. The number of hydrogen-bond donors (Lipinski definition) is 0. The molecule has 7 nitrogen and oxygen atoms in total. The Morgan fingerprint density at radius 2 is 2.23 bits per heavy atom. The summed E-state index contributed by atoms with van der Waals surface area (Å²) in [6.07, 6.45) is 3.70. The molecule has 1 fully saturated rings. The van der Waals surface area contributed by atoms with E-state index >= 15 is 0 Å². The molecule has 3 rings (SSSR count). The summed E-state index contributed by atoms with van der Waals surface area (Å²) in [6.45, 7) is 5.78. The normalized spacial score (nSPS) is 17.3. The highest BCUT2D eigenvalue weighted by Gasteiger charge is 2.27. The van der Waals surface area contributed by atoms with Gasteiger partial charge in [-0.2, -0.15) is 4.98 Å². The zero-order chi connectivity index (χ0) is 18.5. The second-order valence-corrected chi connectivity index (χ2v) is 6.84. The van der Waals surface area contributed by atoms with Crippen molar-refractivity contribution in [2.45, 2.75) is 52.0 Å². The van der Waals surface area contributed by atoms with Crippen LogP contribution in [0, 0.1) is 6.92 Å². The van der Waals surface area contributed by atoms with Gasteiger partial charge in [0, 0.05) is 51.1 Å². The summed E-state index contributed by atoms with van der Waals surface area (Å²) in [6, 6.07) is 6.28. The van der Waals surface area contributed by atoms with Crippen LogP contribution >= 0.6 is 0 Å². The summed E-state index contributed by atoms with van der Waals surface area (Å²) in [5.74, 6) is 2.34. The Morgan fingerprint density at radius 3 is 2.96 bits per heavy atom. The van der Waals surface area contributed by atoms with Gasteiger partial charge in [-0.3, -0.25) is 4.79 Å². The molecule has 1 atom stereocenters. The quantitative estimate of drug-likeness (QED) is 0.790. The third-order valence-electron chi connectivity index (χ3n) is 4.91. The van der Waals surface area contributed by atoms with Crippen molar-refractivity contribution in [1.29, 1.82) is 0 Å². The minimum atomic E-state index is 0.116. The average molecular weight is 357 g/mol. The molecule has 0 aliphatic carbocycles. The van der Waals surface area contributed by atoms with Crippen LogP contribution in [-0.4, -0.2) is 52.1 Å². The molecule has 140 valence electrons. The first-order valence-corrected chi connectivity index (χ1v) is 9.32. The van der Waals surface area contributed by atoms with Gasteiger partial charge in [0.05, 0.1) is 0 Å². The van der Waals surface area contributed by atoms with E-state index in [-0.39, 0.29) is 11.9 Å². The second-order valence-electron chi connectivity index (χ2n) is 6.84. The van der Waals surface area contributed by atoms with Gasteiger partial charge >= 0.3 is 0 Å². The zero-order valence-corrected chi connectivity index (χ0v) is 15.8. The molecular formula is C19H27N5O2. The van der Waals surface area contributed by atoms with Crippen LogP contribution < -0.4 is 4.90 Å². The molecule has 26 heavy (non-hydrogen) atoms. The molecule has 2 aromatic heterocycles. The van der Waals surface area contributed by atoms with Crippen LogP contribution in [-0.2, 0) is 17.6 Å². The lowest BCUT2D eigenvalue weighted by atomic mass is 10.0. The van der Waals surface area contributed by atoms with Crippen molar-refractivity contribution in [2.75, 3.05) is 25.0 Å². The molecule has 0 N–H and O–H groups in total. The molecule has 0 bridgehead atoms.